The number of nitrogens with one attached hydrogen (secondary N) is 1. The van der Waals surface area contributed by atoms with E-state index < -0.39 is 0 Å². The van der Waals surface area contributed by atoms with Crippen LogP contribution in [0.2, 0.25) is 0 Å². The van der Waals surface area contributed by atoms with E-state index in [0.29, 0.717) is 6.54 Å². The van der Waals surface area contributed by atoms with Crippen LogP contribution in [0.15, 0.2) is 29.2 Å². The summed E-state index contributed by atoms with van der Waals surface area (Å²) < 4.78 is 0. The molecule has 0 unspecified atom stereocenters. The Morgan fingerprint density at radius 3 is 2.36 bits per heavy atom. The Kier molecular flexibility index (Phi) is 3.46. The lowest BCUT2D eigenvalue weighted by molar-refractivity contribution is 0.939. The number of hydrogen-bond acceptors (Lipinski definition) is 1. The largest absolute Gasteiger partial charge is 0.258 e. The Labute approximate surface area is 72.0 Å². The zero-order chi connectivity index (χ0) is 8.10. The molecule has 1 radical (unpaired) electrons. The highest BCUT2D eigenvalue weighted by Gasteiger charge is 1.91. The molecule has 11 heavy (non-hydrogen) atoms. The smallest absolute Gasteiger partial charge is 0.0140 e. The van der Waals surface area contributed by atoms with E-state index in [9.17, 15) is 0 Å². The molecule has 59 valence electrons. The fourth-order valence-electron chi connectivity index (χ4n) is 0.937. The zero-order valence-electron chi connectivity index (χ0n) is 6.63. The van der Waals surface area contributed by atoms with Gasteiger partial charge in [-0.25, -0.2) is 0 Å². The fourth-order valence-corrected chi connectivity index (χ4v) is 1.34. The average Bonchev–Trinajstić information content (AvgIpc) is 2.07. The molecule has 0 aliphatic carbocycles. The van der Waals surface area contributed by atoms with E-state index in [0.717, 1.165) is 6.42 Å². The van der Waals surface area contributed by atoms with Gasteiger partial charge in [-0.05, 0) is 30.4 Å². The standard InChI is InChI=1S/C9H12NS/c1-11-9-4-2-8(3-5-9)6-7-10/h2-5,10H,6-7H2,1H3. The van der Waals surface area contributed by atoms with Gasteiger partial charge in [0.15, 0.2) is 0 Å². The van der Waals surface area contributed by atoms with Crippen molar-refractivity contribution in [3.05, 3.63) is 29.8 Å². The van der Waals surface area contributed by atoms with Gasteiger partial charge in [0.25, 0.3) is 0 Å². The van der Waals surface area contributed by atoms with Crippen LogP contribution in [0.4, 0.5) is 0 Å². The third kappa shape index (κ3) is 2.56. The molecule has 0 spiro atoms. The van der Waals surface area contributed by atoms with Gasteiger partial charge in [-0.3, -0.25) is 5.73 Å². The molecule has 2 heteroatoms. The minimum absolute atomic E-state index is 0.485. The molecule has 0 aliphatic heterocycles. The minimum atomic E-state index is 0.485. The molecule has 0 bridgehead atoms. The van der Waals surface area contributed by atoms with Crippen molar-refractivity contribution < 1.29 is 0 Å². The summed E-state index contributed by atoms with van der Waals surface area (Å²) >= 11 is 1.75. The Morgan fingerprint density at radius 1 is 1.27 bits per heavy atom. The highest BCUT2D eigenvalue weighted by molar-refractivity contribution is 7.98. The van der Waals surface area contributed by atoms with Gasteiger partial charge >= 0.3 is 0 Å². The molecule has 1 aromatic rings. The van der Waals surface area contributed by atoms with Crippen LogP contribution >= 0.6 is 11.8 Å². The second-order valence-electron chi connectivity index (χ2n) is 2.35. The second kappa shape index (κ2) is 4.42. The first-order valence-electron chi connectivity index (χ1n) is 3.64. The number of hydrogen-bond donors (Lipinski definition) is 0. The summed E-state index contributed by atoms with van der Waals surface area (Å²) in [6.45, 7) is 0.485. The van der Waals surface area contributed by atoms with Crippen LogP contribution in [0.1, 0.15) is 5.56 Å². The second-order valence-corrected chi connectivity index (χ2v) is 3.23. The summed E-state index contributed by atoms with van der Waals surface area (Å²) in [5.74, 6) is 0. The summed E-state index contributed by atoms with van der Waals surface area (Å²) in [6, 6.07) is 8.41. The SMILES string of the molecule is CSc1ccc(CC[NH])cc1. The quantitative estimate of drug-likeness (QED) is 0.632. The molecular formula is C9H12NS. The summed E-state index contributed by atoms with van der Waals surface area (Å²) in [7, 11) is 0. The molecule has 0 saturated heterocycles. The summed E-state index contributed by atoms with van der Waals surface area (Å²) in [6.07, 6.45) is 2.94. The molecule has 1 rings (SSSR count). The van der Waals surface area contributed by atoms with Crippen LogP contribution in [-0.2, 0) is 6.42 Å². The monoisotopic (exact) mass is 166 g/mol. The first-order valence-corrected chi connectivity index (χ1v) is 4.87. The van der Waals surface area contributed by atoms with E-state index in [1.54, 1.807) is 11.8 Å². The normalized spacial score (nSPS) is 10.0. The van der Waals surface area contributed by atoms with Crippen molar-refractivity contribution in [3.8, 4) is 0 Å². The van der Waals surface area contributed by atoms with Crippen molar-refractivity contribution >= 4 is 11.8 Å². The number of thioether (sulfide) groups is 1. The van der Waals surface area contributed by atoms with Crippen molar-refractivity contribution in [2.24, 2.45) is 0 Å². The van der Waals surface area contributed by atoms with Gasteiger partial charge in [0, 0.05) is 11.4 Å². The molecular weight excluding hydrogens is 154 g/mol. The lowest BCUT2D eigenvalue weighted by Crippen LogP contribution is -1.91. The van der Waals surface area contributed by atoms with Crippen molar-refractivity contribution in [3.63, 3.8) is 0 Å². The molecule has 0 aromatic heterocycles. The van der Waals surface area contributed by atoms with Crippen LogP contribution in [0, 0.1) is 0 Å². The van der Waals surface area contributed by atoms with Gasteiger partial charge in [-0.15, -0.1) is 11.8 Å². The van der Waals surface area contributed by atoms with Crippen molar-refractivity contribution in [1.82, 2.24) is 5.73 Å². The Morgan fingerprint density at radius 2 is 1.91 bits per heavy atom. The molecule has 0 amide bonds. The highest BCUT2D eigenvalue weighted by Crippen LogP contribution is 2.14. The van der Waals surface area contributed by atoms with Crippen LogP contribution in [0.3, 0.4) is 0 Å². The zero-order valence-corrected chi connectivity index (χ0v) is 7.45. The third-order valence-electron chi connectivity index (χ3n) is 1.57. The summed E-state index contributed by atoms with van der Waals surface area (Å²) in [5, 5.41) is 0. The van der Waals surface area contributed by atoms with E-state index in [4.69, 9.17) is 5.73 Å². The van der Waals surface area contributed by atoms with Crippen LogP contribution in [0.5, 0.6) is 0 Å². The molecule has 1 nitrogen and oxygen atoms in total. The average molecular weight is 166 g/mol. The molecule has 1 N–H and O–H groups in total. The van der Waals surface area contributed by atoms with Crippen LogP contribution in [-0.4, -0.2) is 12.8 Å². The Balaban J connectivity index is 2.66. The van der Waals surface area contributed by atoms with E-state index in [1.165, 1.54) is 10.5 Å². The lowest BCUT2D eigenvalue weighted by Gasteiger charge is -1.98. The minimum Gasteiger partial charge on any atom is -0.258 e. The van der Waals surface area contributed by atoms with Crippen LogP contribution in [0.25, 0.3) is 0 Å². The predicted octanol–water partition coefficient (Wildman–Crippen LogP) is 2.23. The molecule has 0 atom stereocenters. The fraction of sp³-hybridized carbons (Fsp3) is 0.333. The van der Waals surface area contributed by atoms with Gasteiger partial charge < -0.3 is 0 Å². The Hall–Kier alpha value is -0.470. The molecule has 0 fully saturated rings. The van der Waals surface area contributed by atoms with Gasteiger partial charge in [-0.1, -0.05) is 12.1 Å². The topological polar surface area (TPSA) is 23.8 Å². The summed E-state index contributed by atoms with van der Waals surface area (Å²) in [4.78, 5) is 1.29. The van der Waals surface area contributed by atoms with E-state index in [1.807, 2.05) is 0 Å². The lowest BCUT2D eigenvalue weighted by atomic mass is 10.2. The summed E-state index contributed by atoms with van der Waals surface area (Å²) in [5.41, 5.74) is 8.30. The number of benzene rings is 1. The third-order valence-corrected chi connectivity index (χ3v) is 2.32. The van der Waals surface area contributed by atoms with Crippen molar-refractivity contribution in [2.45, 2.75) is 11.3 Å². The molecule has 0 aliphatic rings. The van der Waals surface area contributed by atoms with Gasteiger partial charge in [-0.2, -0.15) is 0 Å². The van der Waals surface area contributed by atoms with E-state index in [-0.39, 0.29) is 0 Å². The number of rotatable bonds is 3. The van der Waals surface area contributed by atoms with Crippen molar-refractivity contribution in [2.75, 3.05) is 12.8 Å². The van der Waals surface area contributed by atoms with E-state index >= 15 is 0 Å². The molecule has 0 saturated carbocycles. The highest BCUT2D eigenvalue weighted by atomic mass is 32.2. The maximum atomic E-state index is 7.03. The van der Waals surface area contributed by atoms with E-state index in [2.05, 4.69) is 30.5 Å². The molecule has 1 aromatic carbocycles. The maximum Gasteiger partial charge on any atom is 0.0140 e. The first-order chi connectivity index (χ1) is 5.36. The first kappa shape index (κ1) is 8.62. The van der Waals surface area contributed by atoms with Gasteiger partial charge in [0.1, 0.15) is 0 Å². The van der Waals surface area contributed by atoms with Gasteiger partial charge in [0.05, 0.1) is 0 Å². The maximum absolute atomic E-state index is 7.03. The van der Waals surface area contributed by atoms with Crippen LogP contribution < -0.4 is 5.73 Å². The van der Waals surface area contributed by atoms with Gasteiger partial charge in [0.2, 0.25) is 0 Å². The predicted molar refractivity (Wildman–Crippen MR) is 49.9 cm³/mol. The van der Waals surface area contributed by atoms with Crippen molar-refractivity contribution in [1.29, 1.82) is 0 Å². The Bertz CT molecular complexity index is 205. The molecule has 0 heterocycles.